The number of nitrogen functional groups attached to an aromatic ring is 1. The Kier molecular flexibility index (Phi) is 6.04. The molecule has 0 radical (unpaired) electrons. The van der Waals surface area contributed by atoms with Crippen molar-refractivity contribution in [1.82, 2.24) is 19.7 Å². The molecule has 0 fully saturated rings. The number of hydrogen-bond donors (Lipinski definition) is 3. The molecule has 0 unspecified atom stereocenters. The van der Waals surface area contributed by atoms with Gasteiger partial charge in [0.05, 0.1) is 26.5 Å². The van der Waals surface area contributed by atoms with Gasteiger partial charge < -0.3 is 25.6 Å². The van der Waals surface area contributed by atoms with Gasteiger partial charge in [0.25, 0.3) is 0 Å². The third-order valence-corrected chi connectivity index (χ3v) is 4.80. The second kappa shape index (κ2) is 9.06. The van der Waals surface area contributed by atoms with E-state index in [0.29, 0.717) is 29.1 Å². The molecule has 4 aromatic rings. The number of aliphatic hydroxyl groups is 1. The van der Waals surface area contributed by atoms with E-state index >= 15 is 0 Å². The fraction of sp³-hybridized carbons (Fsp3) is 0.227. The van der Waals surface area contributed by atoms with Crippen LogP contribution in [0.15, 0.2) is 48.8 Å². The number of anilines is 2. The largest absolute Gasteiger partial charge is 0.497 e. The van der Waals surface area contributed by atoms with Crippen molar-refractivity contribution in [3.63, 3.8) is 0 Å². The van der Waals surface area contributed by atoms with Crippen molar-refractivity contribution in [3.8, 4) is 17.2 Å². The molecule has 0 amide bonds. The first-order chi connectivity index (χ1) is 15.5. The van der Waals surface area contributed by atoms with Crippen molar-refractivity contribution in [1.29, 1.82) is 0 Å². The van der Waals surface area contributed by atoms with E-state index in [1.54, 1.807) is 24.1 Å². The first kappa shape index (κ1) is 21.3. The van der Waals surface area contributed by atoms with E-state index in [2.05, 4.69) is 20.4 Å². The molecule has 9 nitrogen and oxygen atoms in total. The summed E-state index contributed by atoms with van der Waals surface area (Å²) in [6.07, 6.45) is 2.79. The highest BCUT2D eigenvalue weighted by Gasteiger charge is 2.20. The molecule has 4 rings (SSSR count). The SMILES string of the molecule is COc1ccc(Cn2nc(N[C@H](C)CO)c3c(Oc4cnc(N)cc4F)ccnc32)cc1. The van der Waals surface area contributed by atoms with Crippen molar-refractivity contribution in [2.24, 2.45) is 0 Å². The molecular formula is C22H23FN6O3. The molecule has 1 aromatic carbocycles. The van der Waals surface area contributed by atoms with E-state index in [1.807, 2.05) is 31.2 Å². The van der Waals surface area contributed by atoms with Crippen molar-refractivity contribution < 1.29 is 19.0 Å². The van der Waals surface area contributed by atoms with Crippen LogP contribution in [0.1, 0.15) is 12.5 Å². The fourth-order valence-corrected chi connectivity index (χ4v) is 3.18. The third kappa shape index (κ3) is 4.40. The van der Waals surface area contributed by atoms with Crippen LogP contribution in [0.2, 0.25) is 0 Å². The van der Waals surface area contributed by atoms with Crippen molar-refractivity contribution in [3.05, 3.63) is 60.2 Å². The summed E-state index contributed by atoms with van der Waals surface area (Å²) in [4.78, 5) is 8.36. The summed E-state index contributed by atoms with van der Waals surface area (Å²) in [5.74, 6) is 0.908. The highest BCUT2D eigenvalue weighted by Crippen LogP contribution is 2.35. The van der Waals surface area contributed by atoms with Gasteiger partial charge >= 0.3 is 0 Å². The Bertz CT molecular complexity index is 1230. The molecule has 1 atom stereocenters. The smallest absolute Gasteiger partial charge is 0.181 e. The van der Waals surface area contributed by atoms with Crippen molar-refractivity contribution in [2.45, 2.75) is 19.5 Å². The predicted molar refractivity (Wildman–Crippen MR) is 118 cm³/mol. The number of pyridine rings is 2. The number of nitrogens with zero attached hydrogens (tertiary/aromatic N) is 4. The van der Waals surface area contributed by atoms with Gasteiger partial charge in [-0.15, -0.1) is 0 Å². The van der Waals surface area contributed by atoms with Crippen molar-refractivity contribution in [2.75, 3.05) is 24.8 Å². The van der Waals surface area contributed by atoms with Crippen LogP contribution in [-0.4, -0.2) is 44.6 Å². The fourth-order valence-electron chi connectivity index (χ4n) is 3.18. The number of fused-ring (bicyclic) bond motifs is 1. The molecule has 0 aliphatic rings. The van der Waals surface area contributed by atoms with Gasteiger partial charge in [0.1, 0.15) is 22.7 Å². The second-order valence-corrected chi connectivity index (χ2v) is 7.23. The van der Waals surface area contributed by atoms with Crippen LogP contribution < -0.4 is 20.5 Å². The molecule has 0 aliphatic carbocycles. The molecule has 0 bridgehead atoms. The molecule has 3 heterocycles. The molecular weight excluding hydrogens is 415 g/mol. The number of rotatable bonds is 8. The Morgan fingerprint density at radius 3 is 2.66 bits per heavy atom. The summed E-state index contributed by atoms with van der Waals surface area (Å²) in [5, 5.41) is 17.9. The summed E-state index contributed by atoms with van der Waals surface area (Å²) in [7, 11) is 1.61. The van der Waals surface area contributed by atoms with Crippen LogP contribution in [-0.2, 0) is 6.54 Å². The lowest BCUT2D eigenvalue weighted by molar-refractivity contribution is 0.281. The van der Waals surface area contributed by atoms with E-state index in [0.717, 1.165) is 17.4 Å². The number of hydrogen-bond acceptors (Lipinski definition) is 8. The van der Waals surface area contributed by atoms with Gasteiger partial charge in [-0.3, -0.25) is 0 Å². The number of aliphatic hydroxyl groups excluding tert-OH is 1. The lowest BCUT2D eigenvalue weighted by Crippen LogP contribution is -2.20. The highest BCUT2D eigenvalue weighted by molar-refractivity contribution is 5.93. The Labute approximate surface area is 183 Å². The van der Waals surface area contributed by atoms with E-state index in [-0.39, 0.29) is 24.2 Å². The normalized spacial score (nSPS) is 12.0. The maximum Gasteiger partial charge on any atom is 0.181 e. The average Bonchev–Trinajstić information content (AvgIpc) is 3.14. The van der Waals surface area contributed by atoms with E-state index in [4.69, 9.17) is 15.2 Å². The quantitative estimate of drug-likeness (QED) is 0.384. The number of nitrogens with one attached hydrogen (secondary N) is 1. The minimum atomic E-state index is -0.633. The summed E-state index contributed by atoms with van der Waals surface area (Å²) in [6.45, 7) is 2.15. The Morgan fingerprint density at radius 2 is 1.97 bits per heavy atom. The van der Waals surface area contributed by atoms with Crippen LogP contribution in [0.25, 0.3) is 11.0 Å². The number of ether oxygens (including phenoxy) is 2. The maximum absolute atomic E-state index is 14.3. The first-order valence-electron chi connectivity index (χ1n) is 9.93. The summed E-state index contributed by atoms with van der Waals surface area (Å²) in [5.41, 5.74) is 7.05. The summed E-state index contributed by atoms with van der Waals surface area (Å²) >= 11 is 0. The van der Waals surface area contributed by atoms with Crippen LogP contribution in [0.3, 0.4) is 0 Å². The van der Waals surface area contributed by atoms with E-state index in [1.165, 1.54) is 6.20 Å². The van der Waals surface area contributed by atoms with Crippen molar-refractivity contribution >= 4 is 22.7 Å². The predicted octanol–water partition coefficient (Wildman–Crippen LogP) is 3.19. The molecule has 0 saturated heterocycles. The zero-order valence-corrected chi connectivity index (χ0v) is 17.6. The van der Waals surface area contributed by atoms with Gasteiger partial charge in [-0.1, -0.05) is 12.1 Å². The van der Waals surface area contributed by atoms with Gasteiger partial charge in [-0.2, -0.15) is 5.10 Å². The molecule has 0 aliphatic heterocycles. The highest BCUT2D eigenvalue weighted by atomic mass is 19.1. The number of nitrogens with two attached hydrogens (primary N) is 1. The maximum atomic E-state index is 14.3. The van der Waals surface area contributed by atoms with E-state index in [9.17, 15) is 9.50 Å². The van der Waals surface area contributed by atoms with E-state index < -0.39 is 5.82 Å². The Hall–Kier alpha value is -3.92. The molecule has 3 aromatic heterocycles. The summed E-state index contributed by atoms with van der Waals surface area (Å²) < 4.78 is 27.1. The van der Waals surface area contributed by atoms with Crippen LogP contribution >= 0.6 is 0 Å². The second-order valence-electron chi connectivity index (χ2n) is 7.23. The Morgan fingerprint density at radius 1 is 1.19 bits per heavy atom. The van der Waals surface area contributed by atoms with Gasteiger partial charge in [0.2, 0.25) is 0 Å². The monoisotopic (exact) mass is 438 g/mol. The zero-order valence-electron chi connectivity index (χ0n) is 17.6. The van der Waals surface area contributed by atoms with Crippen LogP contribution in [0.5, 0.6) is 17.2 Å². The van der Waals surface area contributed by atoms with Gasteiger partial charge in [0.15, 0.2) is 23.0 Å². The third-order valence-electron chi connectivity index (χ3n) is 4.80. The van der Waals surface area contributed by atoms with Gasteiger partial charge in [-0.05, 0) is 24.6 Å². The zero-order chi connectivity index (χ0) is 22.7. The van der Waals surface area contributed by atoms with Crippen LogP contribution in [0, 0.1) is 5.82 Å². The lowest BCUT2D eigenvalue weighted by Gasteiger charge is -2.12. The first-order valence-corrected chi connectivity index (χ1v) is 9.93. The van der Waals surface area contributed by atoms with Crippen LogP contribution in [0.4, 0.5) is 16.0 Å². The molecule has 0 saturated carbocycles. The molecule has 4 N–H and O–H groups in total. The minimum Gasteiger partial charge on any atom is -0.497 e. The standard InChI is InChI=1S/C22H23FN6O3/c1-13(12-30)27-21-20-17(32-18-10-26-19(24)9-16(18)23)7-8-25-22(20)29(28-21)11-14-3-5-15(31-2)6-4-14/h3-10,13,30H,11-12H2,1-2H3,(H2,24,26)(H,27,28)/t13-/m1/s1. The number of methoxy groups -OCH3 is 1. The lowest BCUT2D eigenvalue weighted by atomic mass is 10.2. The summed E-state index contributed by atoms with van der Waals surface area (Å²) in [6, 6.07) is 10.0. The molecule has 0 spiro atoms. The topological polar surface area (TPSA) is 120 Å². The number of benzene rings is 1. The molecule has 166 valence electrons. The molecule has 10 heteroatoms. The molecule has 32 heavy (non-hydrogen) atoms. The average molecular weight is 438 g/mol. The van der Waals surface area contributed by atoms with Gasteiger partial charge in [0, 0.05) is 24.4 Å². The Balaban J connectivity index is 1.77. The minimum absolute atomic E-state index is 0.0566. The number of halogens is 1. The number of aromatic nitrogens is 4. The van der Waals surface area contributed by atoms with Gasteiger partial charge in [-0.25, -0.2) is 19.0 Å².